The highest BCUT2D eigenvalue weighted by atomic mass is 16.6. The van der Waals surface area contributed by atoms with Crippen molar-refractivity contribution in [2.45, 2.75) is 52.6 Å². The molecule has 3 N–H and O–H groups in total. The number of esters is 1. The van der Waals surface area contributed by atoms with Gasteiger partial charge in [-0.25, -0.2) is 19.1 Å². The number of nitrogens with one attached hydrogen (secondary N) is 2. The van der Waals surface area contributed by atoms with Crippen molar-refractivity contribution in [2.24, 2.45) is 0 Å². The predicted octanol–water partition coefficient (Wildman–Crippen LogP) is 4.30. The lowest BCUT2D eigenvalue weighted by Gasteiger charge is -2.22. The molecule has 11 nitrogen and oxygen atoms in total. The number of nitrogens with zero attached hydrogens (tertiary/aromatic N) is 3. The van der Waals surface area contributed by atoms with E-state index in [2.05, 4.69) is 33.3 Å². The van der Waals surface area contributed by atoms with E-state index in [9.17, 15) is 24.3 Å². The largest absolute Gasteiger partial charge is 0.477 e. The molecule has 1 atom stereocenters. The summed E-state index contributed by atoms with van der Waals surface area (Å²) in [4.78, 5) is 61.6. The molecule has 44 heavy (non-hydrogen) atoms. The Morgan fingerprint density at radius 1 is 1.05 bits per heavy atom. The fourth-order valence-corrected chi connectivity index (χ4v) is 5.19. The molecule has 0 amide bonds. The smallest absolute Gasteiger partial charge is 0.341 e. The van der Waals surface area contributed by atoms with E-state index in [-0.39, 0.29) is 29.4 Å². The summed E-state index contributed by atoms with van der Waals surface area (Å²) in [6.45, 7) is 8.83. The van der Waals surface area contributed by atoms with Gasteiger partial charge < -0.3 is 15.2 Å². The maximum atomic E-state index is 13.5. The second-order valence-electron chi connectivity index (χ2n) is 11.6. The fourth-order valence-electron chi connectivity index (χ4n) is 5.19. The molecule has 4 aromatic rings. The van der Waals surface area contributed by atoms with Crippen molar-refractivity contribution >= 4 is 29.9 Å². The van der Waals surface area contributed by atoms with E-state index < -0.39 is 34.7 Å². The van der Waals surface area contributed by atoms with Crippen LogP contribution in [0.15, 0.2) is 58.4 Å². The molecule has 0 bridgehead atoms. The summed E-state index contributed by atoms with van der Waals surface area (Å²) in [6, 6.07) is 12.1. The molecule has 2 aromatic carbocycles. The molecule has 2 aromatic heterocycles. The first-order valence-corrected chi connectivity index (χ1v) is 14.2. The number of ether oxygens (including phenoxy) is 1. The van der Waals surface area contributed by atoms with Crippen molar-refractivity contribution in [1.29, 1.82) is 0 Å². The Bertz CT molecular complexity index is 1930. The first-order chi connectivity index (χ1) is 20.8. The maximum absolute atomic E-state index is 13.5. The van der Waals surface area contributed by atoms with Crippen LogP contribution in [0.2, 0.25) is 0 Å². The molecule has 0 fully saturated rings. The van der Waals surface area contributed by atoms with Crippen LogP contribution >= 0.6 is 0 Å². The van der Waals surface area contributed by atoms with Gasteiger partial charge in [-0.15, -0.1) is 0 Å². The monoisotopic (exact) mass is 595 g/mol. The number of H-pyrrole nitrogens is 1. The molecule has 226 valence electrons. The quantitative estimate of drug-likeness (QED) is 0.233. The van der Waals surface area contributed by atoms with Gasteiger partial charge in [0.2, 0.25) is 5.95 Å². The Balaban J connectivity index is 1.64. The number of carbonyl (C=O) groups is 2. The second kappa shape index (κ2) is 11.8. The van der Waals surface area contributed by atoms with Gasteiger partial charge in [-0.2, -0.15) is 4.98 Å². The van der Waals surface area contributed by atoms with Crippen molar-refractivity contribution in [3.8, 4) is 5.95 Å². The van der Waals surface area contributed by atoms with Gasteiger partial charge in [0.05, 0.1) is 0 Å². The number of rotatable bonds is 7. The number of hydrogen-bond acceptors (Lipinski definition) is 8. The van der Waals surface area contributed by atoms with E-state index in [0.717, 1.165) is 50.6 Å². The zero-order chi connectivity index (χ0) is 31.8. The molecule has 2 heterocycles. The van der Waals surface area contributed by atoms with Crippen LogP contribution in [0.1, 0.15) is 82.9 Å². The van der Waals surface area contributed by atoms with E-state index in [1.54, 1.807) is 20.8 Å². The maximum Gasteiger partial charge on any atom is 0.341 e. The van der Waals surface area contributed by atoms with Crippen LogP contribution in [0.25, 0.3) is 18.1 Å². The van der Waals surface area contributed by atoms with Gasteiger partial charge in [0.15, 0.2) is 0 Å². The third-order valence-electron chi connectivity index (χ3n) is 7.19. The van der Waals surface area contributed by atoms with Crippen LogP contribution in [0.4, 0.5) is 5.82 Å². The highest BCUT2D eigenvalue weighted by Crippen LogP contribution is 2.38. The van der Waals surface area contributed by atoms with Gasteiger partial charge in [0.25, 0.3) is 5.56 Å². The molecule has 0 saturated heterocycles. The summed E-state index contributed by atoms with van der Waals surface area (Å²) in [6.07, 6.45) is 7.34. The number of aryl methyl sites for hydroxylation is 2. The minimum Gasteiger partial charge on any atom is -0.477 e. The van der Waals surface area contributed by atoms with Crippen molar-refractivity contribution in [3.63, 3.8) is 0 Å². The molecule has 1 aliphatic rings. The zero-order valence-corrected chi connectivity index (χ0v) is 25.1. The molecule has 0 radical (unpaired) electrons. The number of fused-ring (bicyclic) bond motifs is 2. The summed E-state index contributed by atoms with van der Waals surface area (Å²) >= 11 is 0. The molecule has 5 rings (SSSR count). The van der Waals surface area contributed by atoms with Gasteiger partial charge >= 0.3 is 17.6 Å². The van der Waals surface area contributed by atoms with Crippen LogP contribution < -0.4 is 16.6 Å². The van der Waals surface area contributed by atoms with Crippen LogP contribution in [0.3, 0.4) is 0 Å². The van der Waals surface area contributed by atoms with Crippen molar-refractivity contribution < 1.29 is 19.4 Å². The number of anilines is 1. The van der Waals surface area contributed by atoms with E-state index in [4.69, 9.17) is 4.74 Å². The summed E-state index contributed by atoms with van der Waals surface area (Å²) in [7, 11) is 0. The molecule has 1 unspecified atom stereocenters. The normalized spacial score (nSPS) is 13.9. The molecule has 0 aliphatic heterocycles. The third kappa shape index (κ3) is 6.22. The zero-order valence-electron chi connectivity index (χ0n) is 25.1. The van der Waals surface area contributed by atoms with Gasteiger partial charge in [0.1, 0.15) is 23.5 Å². The standard InChI is InChI=1S/C33H33N5O6/c1-6-19-8-12-23-21(14-19)10-9-20-13-18(2)7-11-22(20)27(23)25-17-38(32(43)37-29(25)40)31-35-15-24(30(41)42)28(36-31)34-16-26(39)44-33(3,4)5/h7-15,17,27H,6,16H2,1-5H3,(H,41,42)(H,34,35,36)(H,37,40,43). The lowest BCUT2D eigenvalue weighted by atomic mass is 9.82. The Morgan fingerprint density at radius 2 is 1.73 bits per heavy atom. The van der Waals surface area contributed by atoms with Gasteiger partial charge in [-0.05, 0) is 61.9 Å². The van der Waals surface area contributed by atoms with Crippen molar-refractivity contribution in [1.82, 2.24) is 19.5 Å². The first-order valence-electron chi connectivity index (χ1n) is 14.2. The minimum absolute atomic E-state index is 0.190. The fraction of sp³-hybridized carbons (Fsp3) is 0.273. The number of aromatic amines is 1. The van der Waals surface area contributed by atoms with Crippen LogP contribution in [0.5, 0.6) is 0 Å². The van der Waals surface area contributed by atoms with Crippen LogP contribution in [-0.4, -0.2) is 48.7 Å². The van der Waals surface area contributed by atoms with E-state index >= 15 is 0 Å². The second-order valence-corrected chi connectivity index (χ2v) is 11.6. The average molecular weight is 596 g/mol. The molecular formula is C33H33N5O6. The number of carboxylic acid groups (broad SMARTS) is 1. The number of carbonyl (C=O) groups excluding carboxylic acids is 1. The first kappa shape index (κ1) is 30.1. The molecule has 0 saturated carbocycles. The number of carboxylic acids is 1. The summed E-state index contributed by atoms with van der Waals surface area (Å²) in [5, 5.41) is 12.4. The van der Waals surface area contributed by atoms with E-state index in [1.165, 1.54) is 6.20 Å². The summed E-state index contributed by atoms with van der Waals surface area (Å²) in [5.41, 5.74) is 3.72. The lowest BCUT2D eigenvalue weighted by molar-refractivity contribution is -0.152. The Morgan fingerprint density at radius 3 is 2.39 bits per heavy atom. The van der Waals surface area contributed by atoms with Crippen molar-refractivity contribution in [3.05, 3.63) is 114 Å². The molecular weight excluding hydrogens is 562 g/mol. The topological polar surface area (TPSA) is 156 Å². The van der Waals surface area contributed by atoms with E-state index in [1.807, 2.05) is 49.4 Å². The SMILES string of the molecule is CCc1ccc2c(c1)C=Cc1cc(C)ccc1C2c1cn(-c2ncc(C(=O)O)c(NCC(=O)OC(C)(C)C)n2)c(=O)[nH]c1=O. The third-order valence-corrected chi connectivity index (χ3v) is 7.19. The highest BCUT2D eigenvalue weighted by Gasteiger charge is 2.28. The average Bonchev–Trinajstić information content (AvgIpc) is 3.11. The number of benzene rings is 2. The lowest BCUT2D eigenvalue weighted by Crippen LogP contribution is -2.33. The molecule has 1 aliphatic carbocycles. The van der Waals surface area contributed by atoms with E-state index in [0.29, 0.717) is 0 Å². The van der Waals surface area contributed by atoms with Crippen LogP contribution in [-0.2, 0) is 16.0 Å². The highest BCUT2D eigenvalue weighted by molar-refractivity contribution is 5.93. The molecule has 0 spiro atoms. The number of aromatic nitrogens is 4. The predicted molar refractivity (Wildman–Crippen MR) is 166 cm³/mol. The Kier molecular flexibility index (Phi) is 8.05. The van der Waals surface area contributed by atoms with Gasteiger partial charge in [0, 0.05) is 23.9 Å². The Labute approximate surface area is 253 Å². The molecule has 11 heteroatoms. The van der Waals surface area contributed by atoms with Crippen molar-refractivity contribution in [2.75, 3.05) is 11.9 Å². The summed E-state index contributed by atoms with van der Waals surface area (Å²) < 4.78 is 6.35. The number of hydrogen-bond donors (Lipinski definition) is 3. The van der Waals surface area contributed by atoms with Crippen LogP contribution in [0, 0.1) is 6.92 Å². The summed E-state index contributed by atoms with van der Waals surface area (Å²) in [5.74, 6) is -2.89. The minimum atomic E-state index is -1.33. The Hall–Kier alpha value is -5.32. The van der Waals surface area contributed by atoms with Gasteiger partial charge in [-0.3, -0.25) is 14.6 Å². The van der Waals surface area contributed by atoms with Gasteiger partial charge in [-0.1, -0.05) is 61.0 Å². The number of aromatic carboxylic acids is 1.